The number of amides is 2. The van der Waals surface area contributed by atoms with Crippen LogP contribution in [0.15, 0.2) is 34.2 Å². The van der Waals surface area contributed by atoms with Crippen LogP contribution in [0.25, 0.3) is 0 Å². The Morgan fingerprint density at radius 2 is 1.80 bits per heavy atom. The highest BCUT2D eigenvalue weighted by atomic mass is 32.2. The Labute approximate surface area is 233 Å². The van der Waals surface area contributed by atoms with Gasteiger partial charge in [0.05, 0.1) is 21.6 Å². The van der Waals surface area contributed by atoms with Crippen LogP contribution in [0.5, 0.6) is 0 Å². The minimum Gasteiger partial charge on any atom is -0.376 e. The molecule has 1 aromatic carbocycles. The molecule has 40 heavy (non-hydrogen) atoms. The number of piperidine rings is 1. The molecule has 0 spiro atoms. The van der Waals surface area contributed by atoms with Crippen molar-refractivity contribution in [3.8, 4) is 0 Å². The van der Waals surface area contributed by atoms with E-state index in [0.29, 0.717) is 36.9 Å². The molecule has 2 amide bonds. The number of allylic oxidation sites excluding steroid dienone is 1. The maximum absolute atomic E-state index is 13.5. The zero-order valence-electron chi connectivity index (χ0n) is 22.7. The van der Waals surface area contributed by atoms with E-state index in [1.54, 1.807) is 32.8 Å². The van der Waals surface area contributed by atoms with E-state index in [1.807, 2.05) is 6.08 Å². The first-order valence-corrected chi connectivity index (χ1v) is 13.3. The number of alkyl halides is 6. The van der Waals surface area contributed by atoms with Crippen molar-refractivity contribution in [2.24, 2.45) is 10.9 Å². The fourth-order valence-corrected chi connectivity index (χ4v) is 5.25. The number of hydrogen-bond donors (Lipinski definition) is 1. The van der Waals surface area contributed by atoms with E-state index in [9.17, 15) is 35.9 Å². The SMILES string of the molecule is COC(C)(C)[C@H](NC1=NC(=O)S/C1=C\C1CCN(Cc2ccc(C(F)(F)F)cc2C(F)(F)F)CC1)C(=O)N(C)C. The molecule has 2 aliphatic rings. The molecule has 1 aromatic rings. The second kappa shape index (κ2) is 12.1. The number of rotatable bonds is 7. The number of amidine groups is 1. The van der Waals surface area contributed by atoms with E-state index < -0.39 is 40.4 Å². The number of methoxy groups -OCH3 is 1. The van der Waals surface area contributed by atoms with Gasteiger partial charge in [-0.3, -0.25) is 14.5 Å². The van der Waals surface area contributed by atoms with Crippen LogP contribution in [0.4, 0.5) is 31.1 Å². The summed E-state index contributed by atoms with van der Waals surface area (Å²) in [5.74, 6) is -0.0415. The van der Waals surface area contributed by atoms with Crippen LogP contribution in [0, 0.1) is 5.92 Å². The highest BCUT2D eigenvalue weighted by molar-refractivity contribution is 8.18. The maximum atomic E-state index is 13.5. The van der Waals surface area contributed by atoms with Gasteiger partial charge in [0.25, 0.3) is 0 Å². The minimum atomic E-state index is -4.92. The molecule has 2 heterocycles. The Hall–Kier alpha value is -2.58. The standard InChI is InChI=1S/C26H32F6N4O3S/c1-24(2,39-5)20(22(37)35(3)4)33-21-19(40-23(38)34-21)12-15-8-10-36(11-9-15)14-16-6-7-17(25(27,28)29)13-18(16)26(30,31)32/h6-7,12-13,15,20H,8-11,14H2,1-5H3,(H,33,34,38)/b19-12-/t20-/m1/s1. The summed E-state index contributed by atoms with van der Waals surface area (Å²) in [5.41, 5.74) is -3.78. The van der Waals surface area contributed by atoms with E-state index in [4.69, 9.17) is 4.74 Å². The monoisotopic (exact) mass is 594 g/mol. The fraction of sp³-hybridized carbons (Fsp3) is 0.577. The van der Waals surface area contributed by atoms with Crippen molar-refractivity contribution in [3.05, 3.63) is 45.9 Å². The van der Waals surface area contributed by atoms with Gasteiger partial charge in [-0.1, -0.05) is 12.1 Å². The van der Waals surface area contributed by atoms with Crippen molar-refractivity contribution in [2.45, 2.75) is 57.2 Å². The first-order valence-electron chi connectivity index (χ1n) is 12.5. The third kappa shape index (κ3) is 7.78. The normalized spacial score (nSPS) is 19.6. The van der Waals surface area contributed by atoms with Crippen molar-refractivity contribution in [3.63, 3.8) is 0 Å². The van der Waals surface area contributed by atoms with Gasteiger partial charge in [0, 0.05) is 27.7 Å². The summed E-state index contributed by atoms with van der Waals surface area (Å²) in [6.45, 7) is 4.14. The summed E-state index contributed by atoms with van der Waals surface area (Å²) in [6.07, 6.45) is -6.82. The number of hydrogen-bond acceptors (Lipinski definition) is 6. The molecule has 7 nitrogen and oxygen atoms in total. The van der Waals surface area contributed by atoms with Crippen molar-refractivity contribution < 1.29 is 40.7 Å². The molecule has 0 aromatic heterocycles. The lowest BCUT2D eigenvalue weighted by Gasteiger charge is -2.35. The smallest absolute Gasteiger partial charge is 0.376 e. The maximum Gasteiger partial charge on any atom is 0.416 e. The summed E-state index contributed by atoms with van der Waals surface area (Å²) in [7, 11) is 4.68. The molecule has 222 valence electrons. The Morgan fingerprint density at radius 3 is 2.33 bits per heavy atom. The molecule has 2 aliphatic heterocycles. The summed E-state index contributed by atoms with van der Waals surface area (Å²) >= 11 is 0.919. The molecule has 1 N–H and O–H groups in total. The van der Waals surface area contributed by atoms with Crippen LogP contribution < -0.4 is 5.32 Å². The summed E-state index contributed by atoms with van der Waals surface area (Å²) < 4.78 is 85.1. The van der Waals surface area contributed by atoms with Gasteiger partial charge in [0.15, 0.2) is 0 Å². The first kappa shape index (κ1) is 31.9. The lowest BCUT2D eigenvalue weighted by molar-refractivity contribution is -0.143. The van der Waals surface area contributed by atoms with Crippen LogP contribution >= 0.6 is 11.8 Å². The van der Waals surface area contributed by atoms with Gasteiger partial charge < -0.3 is 15.0 Å². The summed E-state index contributed by atoms with van der Waals surface area (Å²) in [4.78, 5) is 32.8. The number of nitrogens with zero attached hydrogens (tertiary/aromatic N) is 3. The molecular weight excluding hydrogens is 562 g/mol. The molecule has 1 fully saturated rings. The van der Waals surface area contributed by atoms with Gasteiger partial charge in [-0.15, -0.1) is 0 Å². The third-order valence-electron chi connectivity index (χ3n) is 6.98. The Kier molecular flexibility index (Phi) is 9.67. The van der Waals surface area contributed by atoms with Crippen molar-refractivity contribution in [1.29, 1.82) is 0 Å². The minimum absolute atomic E-state index is 0.0234. The number of carbonyl (C=O) groups is 2. The topological polar surface area (TPSA) is 74.2 Å². The lowest BCUT2D eigenvalue weighted by Crippen LogP contribution is -2.58. The molecular formula is C26H32F6N4O3S. The lowest BCUT2D eigenvalue weighted by atomic mass is 9.94. The van der Waals surface area contributed by atoms with Gasteiger partial charge in [0.1, 0.15) is 11.9 Å². The third-order valence-corrected chi connectivity index (χ3v) is 7.79. The number of halogens is 6. The zero-order chi connectivity index (χ0) is 30.0. The van der Waals surface area contributed by atoms with Crippen molar-refractivity contribution in [2.75, 3.05) is 34.3 Å². The number of likely N-dealkylation sites (N-methyl/N-ethyl adjacent to an activating group) is 1. The van der Waals surface area contributed by atoms with E-state index in [-0.39, 0.29) is 35.8 Å². The van der Waals surface area contributed by atoms with Gasteiger partial charge in [-0.2, -0.15) is 31.3 Å². The van der Waals surface area contributed by atoms with Crippen LogP contribution in [0.2, 0.25) is 0 Å². The highest BCUT2D eigenvalue weighted by Crippen LogP contribution is 2.38. The van der Waals surface area contributed by atoms with E-state index >= 15 is 0 Å². The van der Waals surface area contributed by atoms with Gasteiger partial charge >= 0.3 is 17.6 Å². The van der Waals surface area contributed by atoms with Crippen LogP contribution in [0.1, 0.15) is 43.4 Å². The number of benzene rings is 1. The Balaban J connectivity index is 1.71. The number of thioether (sulfide) groups is 1. The quantitative estimate of drug-likeness (QED) is 0.417. The number of carbonyl (C=O) groups excluding carboxylic acids is 2. The molecule has 1 saturated heterocycles. The van der Waals surface area contributed by atoms with Crippen LogP contribution in [-0.2, 0) is 28.4 Å². The predicted octanol–water partition coefficient (Wildman–Crippen LogP) is 5.56. The molecule has 0 aliphatic carbocycles. The average Bonchev–Trinajstić information content (AvgIpc) is 3.20. The number of ether oxygens (including phenoxy) is 1. The van der Waals surface area contributed by atoms with Crippen molar-refractivity contribution in [1.82, 2.24) is 15.1 Å². The summed E-state index contributed by atoms with van der Waals surface area (Å²) in [6, 6.07) is 0.883. The molecule has 14 heteroatoms. The Morgan fingerprint density at radius 1 is 1.18 bits per heavy atom. The van der Waals surface area contributed by atoms with E-state index in [0.717, 1.165) is 17.8 Å². The number of nitrogens with one attached hydrogen (secondary N) is 1. The van der Waals surface area contributed by atoms with Crippen LogP contribution in [-0.4, -0.2) is 72.7 Å². The second-order valence-corrected chi connectivity index (χ2v) is 11.5. The molecule has 0 unspecified atom stereocenters. The van der Waals surface area contributed by atoms with Crippen molar-refractivity contribution >= 4 is 28.7 Å². The average molecular weight is 595 g/mol. The van der Waals surface area contributed by atoms with E-state index in [2.05, 4.69) is 10.3 Å². The van der Waals surface area contributed by atoms with Gasteiger partial charge in [-0.05, 0) is 75.2 Å². The second-order valence-electron chi connectivity index (χ2n) is 10.5. The number of likely N-dealkylation sites (tertiary alicyclic amines) is 1. The first-order chi connectivity index (χ1) is 18.4. The van der Waals surface area contributed by atoms with Gasteiger partial charge in [0.2, 0.25) is 5.91 Å². The predicted molar refractivity (Wildman–Crippen MR) is 140 cm³/mol. The highest BCUT2D eigenvalue weighted by Gasteiger charge is 2.40. The molecule has 0 saturated carbocycles. The summed E-state index contributed by atoms with van der Waals surface area (Å²) in [5, 5.41) is 2.62. The van der Waals surface area contributed by atoms with Crippen LogP contribution in [0.3, 0.4) is 0 Å². The molecule has 0 radical (unpaired) electrons. The molecule has 0 bridgehead atoms. The Bertz CT molecular complexity index is 1170. The zero-order valence-corrected chi connectivity index (χ0v) is 23.6. The number of aliphatic imine (C=N–C) groups is 1. The molecule has 3 rings (SSSR count). The molecule has 1 atom stereocenters. The van der Waals surface area contributed by atoms with Gasteiger partial charge in [-0.25, -0.2) is 0 Å². The van der Waals surface area contributed by atoms with E-state index in [1.165, 1.54) is 12.0 Å². The fourth-order valence-electron chi connectivity index (χ4n) is 4.46. The largest absolute Gasteiger partial charge is 0.416 e.